The van der Waals surface area contributed by atoms with Crippen molar-refractivity contribution in [2.75, 3.05) is 5.32 Å². The van der Waals surface area contributed by atoms with Crippen LogP contribution in [0.2, 0.25) is 0 Å². The molecule has 1 aliphatic rings. The number of rotatable bonds is 3. The molecule has 0 unspecified atom stereocenters. The van der Waals surface area contributed by atoms with Gasteiger partial charge < -0.3 is 5.32 Å². The van der Waals surface area contributed by atoms with Crippen molar-refractivity contribution >= 4 is 39.0 Å². The lowest BCUT2D eigenvalue weighted by molar-refractivity contribution is -0.385. The van der Waals surface area contributed by atoms with Crippen molar-refractivity contribution in [1.29, 1.82) is 0 Å². The monoisotopic (exact) mass is 405 g/mol. The Morgan fingerprint density at radius 2 is 1.97 bits per heavy atom. The topological polar surface area (TPSA) is 103 Å². The zero-order valence-corrected chi connectivity index (χ0v) is 16.1. The largest absolute Gasteiger partial charge is 0.310 e. The minimum Gasteiger partial charge on any atom is -0.310 e. The van der Waals surface area contributed by atoms with E-state index in [9.17, 15) is 14.9 Å². The Hall–Kier alpha value is -3.59. The van der Waals surface area contributed by atoms with Crippen molar-refractivity contribution in [3.8, 4) is 5.13 Å². The number of nitrogens with one attached hydrogen (secondary N) is 1. The smallest absolute Gasteiger partial charge is 0.273 e. The Balaban J connectivity index is 1.70. The number of para-hydroxylation sites is 2. The van der Waals surface area contributed by atoms with Crippen LogP contribution in [0.1, 0.15) is 29.2 Å². The van der Waals surface area contributed by atoms with Gasteiger partial charge in [0.15, 0.2) is 0 Å². The van der Waals surface area contributed by atoms with Gasteiger partial charge in [-0.2, -0.15) is 9.78 Å². The summed E-state index contributed by atoms with van der Waals surface area (Å²) >= 11 is 1.47. The quantitative estimate of drug-likeness (QED) is 0.407. The van der Waals surface area contributed by atoms with Crippen LogP contribution in [0.25, 0.3) is 15.3 Å². The first-order valence-electron chi connectivity index (χ1n) is 9.01. The predicted octanol–water partition coefficient (Wildman–Crippen LogP) is 4.17. The summed E-state index contributed by atoms with van der Waals surface area (Å²) in [5.74, 6) is -0.118. The van der Waals surface area contributed by atoms with Crippen LogP contribution in [-0.4, -0.2) is 25.6 Å². The van der Waals surface area contributed by atoms with E-state index in [1.807, 2.05) is 31.2 Å². The number of aryl methyl sites for hydroxylation is 1. The standard InChI is InChI=1S/C20H15N5O3S/c1-11-18-13(12-6-2-4-8-15(12)25(27)28)10-17(26)22-19(18)24(23-11)20-21-14-7-3-5-9-16(14)29-20/h2-9,13H,10H2,1H3,(H,22,26)/t13-/m1/s1. The summed E-state index contributed by atoms with van der Waals surface area (Å²) in [7, 11) is 0. The summed E-state index contributed by atoms with van der Waals surface area (Å²) in [6.07, 6.45) is 0.129. The third-order valence-electron chi connectivity index (χ3n) is 5.08. The lowest BCUT2D eigenvalue weighted by Gasteiger charge is -2.23. The molecule has 0 saturated heterocycles. The number of fused-ring (bicyclic) bond motifs is 2. The molecule has 4 aromatic rings. The summed E-state index contributed by atoms with van der Waals surface area (Å²) in [5, 5.41) is 19.7. The number of thiazole rings is 1. The van der Waals surface area contributed by atoms with Gasteiger partial charge in [-0.15, -0.1) is 0 Å². The molecule has 9 heteroatoms. The molecule has 1 atom stereocenters. The Kier molecular flexibility index (Phi) is 3.92. The molecule has 1 N–H and O–H groups in total. The third-order valence-corrected chi connectivity index (χ3v) is 6.09. The number of nitro benzene ring substituents is 1. The van der Waals surface area contributed by atoms with Crippen LogP contribution >= 0.6 is 11.3 Å². The fourth-order valence-corrected chi connectivity index (χ4v) is 4.77. The number of benzene rings is 2. The first-order chi connectivity index (χ1) is 14.0. The van der Waals surface area contributed by atoms with E-state index in [0.29, 0.717) is 22.2 Å². The molecule has 0 aliphatic carbocycles. The molecular weight excluding hydrogens is 390 g/mol. The molecule has 2 aromatic carbocycles. The van der Waals surface area contributed by atoms with Crippen molar-refractivity contribution in [1.82, 2.24) is 14.8 Å². The second kappa shape index (κ2) is 6.49. The molecule has 0 saturated carbocycles. The molecule has 8 nitrogen and oxygen atoms in total. The molecule has 0 spiro atoms. The molecule has 0 fully saturated rings. The van der Waals surface area contributed by atoms with Crippen molar-refractivity contribution in [3.05, 3.63) is 75.5 Å². The van der Waals surface area contributed by atoms with Gasteiger partial charge in [0.2, 0.25) is 11.0 Å². The van der Waals surface area contributed by atoms with Gasteiger partial charge in [0.25, 0.3) is 5.69 Å². The van der Waals surface area contributed by atoms with Gasteiger partial charge in [0, 0.05) is 29.5 Å². The molecule has 2 aromatic heterocycles. The molecule has 144 valence electrons. The fourth-order valence-electron chi connectivity index (χ4n) is 3.85. The van der Waals surface area contributed by atoms with E-state index in [4.69, 9.17) is 0 Å². The highest BCUT2D eigenvalue weighted by Gasteiger charge is 2.36. The summed E-state index contributed by atoms with van der Waals surface area (Å²) in [6, 6.07) is 14.3. The average Bonchev–Trinajstić information content (AvgIpc) is 3.28. The number of carbonyl (C=O) groups excluding carboxylic acids is 1. The molecule has 1 aliphatic heterocycles. The van der Waals surface area contributed by atoms with Crippen LogP contribution in [0.15, 0.2) is 48.5 Å². The minimum absolute atomic E-state index is 0.00490. The van der Waals surface area contributed by atoms with E-state index in [1.54, 1.807) is 22.9 Å². The number of hydrogen-bond acceptors (Lipinski definition) is 6. The van der Waals surface area contributed by atoms with Crippen LogP contribution in [0.5, 0.6) is 0 Å². The van der Waals surface area contributed by atoms with E-state index in [2.05, 4.69) is 15.4 Å². The van der Waals surface area contributed by atoms with Gasteiger partial charge in [-0.1, -0.05) is 41.7 Å². The first kappa shape index (κ1) is 17.5. The number of aromatic nitrogens is 3. The summed E-state index contributed by atoms with van der Waals surface area (Å²) in [6.45, 7) is 1.85. The maximum Gasteiger partial charge on any atom is 0.273 e. The predicted molar refractivity (Wildman–Crippen MR) is 110 cm³/mol. The maximum atomic E-state index is 12.5. The van der Waals surface area contributed by atoms with Crippen LogP contribution < -0.4 is 5.32 Å². The van der Waals surface area contributed by atoms with Gasteiger partial charge in [-0.3, -0.25) is 14.9 Å². The molecule has 0 bridgehead atoms. The number of anilines is 1. The summed E-state index contributed by atoms with van der Waals surface area (Å²) in [4.78, 5) is 28.3. The summed E-state index contributed by atoms with van der Waals surface area (Å²) in [5.41, 5.74) is 2.87. The lowest BCUT2D eigenvalue weighted by Crippen LogP contribution is -2.25. The molecule has 1 amide bonds. The van der Waals surface area contributed by atoms with Gasteiger partial charge in [-0.25, -0.2) is 4.98 Å². The van der Waals surface area contributed by atoms with Crippen LogP contribution in [0, 0.1) is 17.0 Å². The van der Waals surface area contributed by atoms with Crippen molar-refractivity contribution in [2.24, 2.45) is 0 Å². The van der Waals surface area contributed by atoms with E-state index >= 15 is 0 Å². The molecule has 0 radical (unpaired) electrons. The van der Waals surface area contributed by atoms with Crippen molar-refractivity contribution in [3.63, 3.8) is 0 Å². The lowest BCUT2D eigenvalue weighted by atomic mass is 9.85. The van der Waals surface area contributed by atoms with Gasteiger partial charge >= 0.3 is 0 Å². The zero-order valence-electron chi connectivity index (χ0n) is 15.3. The second-order valence-corrected chi connectivity index (χ2v) is 7.85. The Morgan fingerprint density at radius 3 is 2.76 bits per heavy atom. The Morgan fingerprint density at radius 1 is 1.21 bits per heavy atom. The number of nitrogens with zero attached hydrogens (tertiary/aromatic N) is 4. The highest BCUT2D eigenvalue weighted by Crippen LogP contribution is 2.43. The van der Waals surface area contributed by atoms with E-state index in [-0.39, 0.29) is 18.0 Å². The fraction of sp³-hybridized carbons (Fsp3) is 0.150. The highest BCUT2D eigenvalue weighted by molar-refractivity contribution is 7.20. The zero-order chi connectivity index (χ0) is 20.1. The van der Waals surface area contributed by atoms with Gasteiger partial charge in [-0.05, 0) is 19.1 Å². The summed E-state index contributed by atoms with van der Waals surface area (Å²) < 4.78 is 2.65. The molecular formula is C20H15N5O3S. The van der Waals surface area contributed by atoms with Gasteiger partial charge in [0.05, 0.1) is 20.8 Å². The number of amides is 1. The maximum absolute atomic E-state index is 12.5. The molecule has 29 heavy (non-hydrogen) atoms. The third kappa shape index (κ3) is 2.78. The average molecular weight is 405 g/mol. The minimum atomic E-state index is -0.441. The van der Waals surface area contributed by atoms with Crippen molar-refractivity contribution in [2.45, 2.75) is 19.3 Å². The first-order valence-corrected chi connectivity index (χ1v) is 9.83. The van der Waals surface area contributed by atoms with E-state index in [1.165, 1.54) is 17.4 Å². The normalized spacial score (nSPS) is 15.9. The van der Waals surface area contributed by atoms with Crippen molar-refractivity contribution < 1.29 is 9.72 Å². The van der Waals surface area contributed by atoms with E-state index < -0.39 is 10.8 Å². The number of nitro groups is 1. The van der Waals surface area contributed by atoms with E-state index in [0.717, 1.165) is 15.8 Å². The van der Waals surface area contributed by atoms with Crippen LogP contribution in [-0.2, 0) is 4.79 Å². The van der Waals surface area contributed by atoms with Gasteiger partial charge in [0.1, 0.15) is 5.82 Å². The molecule has 3 heterocycles. The Bertz CT molecular complexity index is 1260. The second-order valence-electron chi connectivity index (χ2n) is 6.84. The number of hydrogen-bond donors (Lipinski definition) is 1. The number of carbonyl (C=O) groups is 1. The van der Waals surface area contributed by atoms with Crippen LogP contribution in [0.3, 0.4) is 0 Å². The SMILES string of the molecule is Cc1nn(-c2nc3ccccc3s2)c2c1[C@@H](c1ccccc1[N+](=O)[O-])CC(=O)N2. The Labute approximate surface area is 169 Å². The van der Waals surface area contributed by atoms with Crippen LogP contribution in [0.4, 0.5) is 11.5 Å². The molecule has 5 rings (SSSR count). The highest BCUT2D eigenvalue weighted by atomic mass is 32.1.